The number of allylic oxidation sites excluding steroid dienone is 1. The van der Waals surface area contributed by atoms with Crippen LogP contribution in [0.4, 0.5) is 0 Å². The molecule has 0 aliphatic heterocycles. The number of hydrogen-bond acceptors (Lipinski definition) is 3. The van der Waals surface area contributed by atoms with E-state index in [0.717, 1.165) is 44.1 Å². The van der Waals surface area contributed by atoms with Gasteiger partial charge in [0, 0.05) is 12.0 Å². The van der Waals surface area contributed by atoms with Crippen molar-refractivity contribution in [3.63, 3.8) is 0 Å². The highest BCUT2D eigenvalue weighted by atomic mass is 16.5. The monoisotopic (exact) mass is 399 g/mol. The van der Waals surface area contributed by atoms with Gasteiger partial charge in [-0.15, -0.1) is 0 Å². The van der Waals surface area contributed by atoms with Crippen LogP contribution in [0.2, 0.25) is 0 Å². The number of ether oxygens (including phenoxy) is 1. The first-order valence-electron chi connectivity index (χ1n) is 11.8. The normalized spacial score (nSPS) is 44.6. The Balaban J connectivity index is 1.82. The highest BCUT2D eigenvalue weighted by molar-refractivity contribution is 5.85. The van der Waals surface area contributed by atoms with Gasteiger partial charge in [-0.3, -0.25) is 4.79 Å². The fourth-order valence-corrected chi connectivity index (χ4v) is 8.25. The number of carbonyl (C=O) groups is 1. The van der Waals surface area contributed by atoms with Crippen molar-refractivity contribution in [2.24, 2.45) is 45.8 Å². The van der Waals surface area contributed by atoms with Crippen LogP contribution in [0.15, 0.2) is 11.6 Å². The Morgan fingerprint density at radius 3 is 2.72 bits per heavy atom. The van der Waals surface area contributed by atoms with Gasteiger partial charge in [-0.1, -0.05) is 58.6 Å². The van der Waals surface area contributed by atoms with Crippen molar-refractivity contribution >= 4 is 5.97 Å². The smallest absolute Gasteiger partial charge is 0.316 e. The van der Waals surface area contributed by atoms with Gasteiger partial charge >= 0.3 is 5.97 Å². The predicted octanol–water partition coefficient (Wildman–Crippen LogP) is 5.44. The molecule has 3 fully saturated rings. The summed E-state index contributed by atoms with van der Waals surface area (Å²) < 4.78 is 6.25. The average Bonchev–Trinajstić information content (AvgIpc) is 3.25. The Morgan fingerprint density at radius 2 is 2.10 bits per heavy atom. The quantitative estimate of drug-likeness (QED) is 0.436. The third-order valence-corrected chi connectivity index (χ3v) is 9.29. The molecule has 4 aliphatic rings. The molecule has 4 nitrogen and oxygen atoms in total. The molecule has 0 saturated heterocycles. The molecule has 0 spiro atoms. The second kappa shape index (κ2) is 7.12. The summed E-state index contributed by atoms with van der Waals surface area (Å²) in [5.74, 6) is 0.747. The van der Waals surface area contributed by atoms with Crippen molar-refractivity contribution in [3.05, 3.63) is 11.6 Å². The lowest BCUT2D eigenvalue weighted by Crippen LogP contribution is -2.62. The molecule has 1 N–H and O–H groups in total. The maximum absolute atomic E-state index is 13.2. The Bertz CT molecular complexity index is 752. The molecule has 4 bridgehead atoms. The maximum Gasteiger partial charge on any atom is 0.316 e. The molecular weight excluding hydrogens is 362 g/mol. The van der Waals surface area contributed by atoms with E-state index in [-0.39, 0.29) is 17.8 Å². The Hall–Kier alpha value is -1.34. The molecule has 0 aromatic carbocycles. The van der Waals surface area contributed by atoms with Crippen molar-refractivity contribution < 1.29 is 14.6 Å². The molecule has 0 radical (unpaired) electrons. The number of aliphatic carboxylic acids is 1. The zero-order valence-corrected chi connectivity index (χ0v) is 18.5. The minimum absolute atomic E-state index is 0.138. The van der Waals surface area contributed by atoms with Gasteiger partial charge in [0.2, 0.25) is 0 Å². The lowest BCUT2D eigenvalue weighted by molar-refractivity contribution is -0.179. The molecular formula is C25H37NO3. The van der Waals surface area contributed by atoms with E-state index in [1.807, 2.05) is 0 Å². The van der Waals surface area contributed by atoms with E-state index in [1.54, 1.807) is 0 Å². The fourth-order valence-electron chi connectivity index (χ4n) is 8.25. The Labute approximate surface area is 175 Å². The van der Waals surface area contributed by atoms with E-state index >= 15 is 0 Å². The van der Waals surface area contributed by atoms with Crippen molar-refractivity contribution in [2.75, 3.05) is 13.2 Å². The second-order valence-corrected chi connectivity index (χ2v) is 10.7. The average molecular weight is 400 g/mol. The number of rotatable bonds is 8. The van der Waals surface area contributed by atoms with Gasteiger partial charge in [0.25, 0.3) is 0 Å². The molecule has 0 heterocycles. The minimum atomic E-state index is -1.08. The number of carboxylic acid groups (broad SMARTS) is 1. The molecule has 4 aliphatic carbocycles. The summed E-state index contributed by atoms with van der Waals surface area (Å²) in [4.78, 5) is 13.2. The number of nitrogens with zero attached hydrogens (tertiary/aromatic N) is 1. The summed E-state index contributed by atoms with van der Waals surface area (Å²) in [5.41, 5.74) is -1.31. The zero-order valence-electron chi connectivity index (χ0n) is 18.5. The van der Waals surface area contributed by atoms with Gasteiger partial charge in [-0.2, -0.15) is 5.26 Å². The predicted molar refractivity (Wildman–Crippen MR) is 112 cm³/mol. The van der Waals surface area contributed by atoms with E-state index in [2.05, 4.69) is 39.8 Å². The standard InChI is InChI=1S/C25H37NO3/c1-5-6-7-10-29-15-24-13-19-17(4)8-9-20(19)23(14-26)12-18(24)11-21(16(2)3)25(23,24)22(27)28/h11,16-20H,5-10,12-13,15H2,1-4H3,(H,27,28)/t17?,18-,19?,20?,23-,24+,25-/m0/s1. The van der Waals surface area contributed by atoms with E-state index < -0.39 is 22.2 Å². The maximum atomic E-state index is 13.2. The number of nitriles is 1. The SMILES string of the molecule is CCCCCOC[C@]12CC3C(C)CCC3[C@@]3(C#N)C[C@@H]1C=C(C(C)C)[C@@]23C(=O)O. The van der Waals surface area contributed by atoms with E-state index in [1.165, 1.54) is 0 Å². The number of hydrogen-bond donors (Lipinski definition) is 1. The largest absolute Gasteiger partial charge is 0.481 e. The Kier molecular flexibility index (Phi) is 5.13. The molecule has 4 rings (SSSR count). The van der Waals surface area contributed by atoms with Gasteiger partial charge in [0.15, 0.2) is 0 Å². The van der Waals surface area contributed by atoms with Gasteiger partial charge in [0.05, 0.1) is 18.1 Å². The molecule has 0 aromatic heterocycles. The molecule has 3 saturated carbocycles. The van der Waals surface area contributed by atoms with Crippen LogP contribution in [-0.2, 0) is 9.53 Å². The first kappa shape index (κ1) is 20.9. The Morgan fingerprint density at radius 1 is 1.34 bits per heavy atom. The molecule has 0 aromatic rings. The van der Waals surface area contributed by atoms with Crippen LogP contribution in [0, 0.1) is 57.2 Å². The molecule has 7 atom stereocenters. The second-order valence-electron chi connectivity index (χ2n) is 10.7. The van der Waals surface area contributed by atoms with Crippen LogP contribution in [0.1, 0.15) is 72.6 Å². The highest BCUT2D eigenvalue weighted by Crippen LogP contribution is 2.83. The molecule has 29 heavy (non-hydrogen) atoms. The summed E-state index contributed by atoms with van der Waals surface area (Å²) in [5, 5.41) is 21.5. The lowest BCUT2D eigenvalue weighted by Gasteiger charge is -2.57. The highest BCUT2D eigenvalue weighted by Gasteiger charge is 2.84. The minimum Gasteiger partial charge on any atom is -0.481 e. The summed E-state index contributed by atoms with van der Waals surface area (Å²) in [7, 11) is 0. The van der Waals surface area contributed by atoms with Crippen LogP contribution in [0.5, 0.6) is 0 Å². The zero-order chi connectivity index (χ0) is 21.0. The van der Waals surface area contributed by atoms with Crippen LogP contribution >= 0.6 is 0 Å². The van der Waals surface area contributed by atoms with Gasteiger partial charge in [-0.05, 0) is 55.3 Å². The van der Waals surface area contributed by atoms with Crippen molar-refractivity contribution in [1.82, 2.24) is 0 Å². The van der Waals surface area contributed by atoms with Crippen LogP contribution in [0.25, 0.3) is 0 Å². The first-order chi connectivity index (χ1) is 13.8. The van der Waals surface area contributed by atoms with Crippen LogP contribution in [-0.4, -0.2) is 24.3 Å². The third kappa shape index (κ3) is 2.37. The van der Waals surface area contributed by atoms with Gasteiger partial charge < -0.3 is 9.84 Å². The lowest BCUT2D eigenvalue weighted by atomic mass is 9.43. The summed E-state index contributed by atoms with van der Waals surface area (Å²) >= 11 is 0. The van der Waals surface area contributed by atoms with Gasteiger partial charge in [-0.25, -0.2) is 0 Å². The molecule has 3 unspecified atom stereocenters. The van der Waals surface area contributed by atoms with Crippen LogP contribution in [0.3, 0.4) is 0 Å². The first-order valence-corrected chi connectivity index (χ1v) is 11.8. The van der Waals surface area contributed by atoms with E-state index in [0.29, 0.717) is 31.5 Å². The summed E-state index contributed by atoms with van der Waals surface area (Å²) in [6.07, 6.45) is 9.29. The molecule has 160 valence electrons. The van der Waals surface area contributed by atoms with Crippen molar-refractivity contribution in [2.45, 2.75) is 72.6 Å². The van der Waals surface area contributed by atoms with Gasteiger partial charge in [0.1, 0.15) is 5.41 Å². The number of fused-ring (bicyclic) bond motifs is 2. The third-order valence-electron chi connectivity index (χ3n) is 9.29. The summed E-state index contributed by atoms with van der Waals surface area (Å²) in [6, 6.07) is 2.70. The van der Waals surface area contributed by atoms with Crippen molar-refractivity contribution in [3.8, 4) is 6.07 Å². The topological polar surface area (TPSA) is 70.3 Å². The molecule has 0 amide bonds. The fraction of sp³-hybridized carbons (Fsp3) is 0.840. The van der Waals surface area contributed by atoms with Crippen LogP contribution < -0.4 is 0 Å². The molecule has 4 heteroatoms. The number of unbranched alkanes of at least 4 members (excludes halogenated alkanes) is 2. The summed E-state index contributed by atoms with van der Waals surface area (Å²) in [6.45, 7) is 9.86. The number of carboxylic acids is 1. The van der Waals surface area contributed by atoms with E-state index in [9.17, 15) is 15.2 Å². The van der Waals surface area contributed by atoms with E-state index in [4.69, 9.17) is 4.74 Å². The van der Waals surface area contributed by atoms with Crippen molar-refractivity contribution in [1.29, 1.82) is 5.26 Å².